The van der Waals surface area contributed by atoms with Gasteiger partial charge in [-0.25, -0.2) is 0 Å². The Morgan fingerprint density at radius 2 is 2.03 bits per heavy atom. The molecule has 2 amide bonds. The molecule has 0 aliphatic carbocycles. The van der Waals surface area contributed by atoms with E-state index in [0.29, 0.717) is 17.7 Å². The summed E-state index contributed by atoms with van der Waals surface area (Å²) in [6, 6.07) is 9.28. The van der Waals surface area contributed by atoms with Crippen molar-refractivity contribution in [1.82, 2.24) is 9.97 Å². The van der Waals surface area contributed by atoms with Crippen LogP contribution < -0.4 is 21.1 Å². The third-order valence-electron chi connectivity index (χ3n) is 5.67. The van der Waals surface area contributed by atoms with E-state index in [2.05, 4.69) is 32.4 Å². The fourth-order valence-corrected chi connectivity index (χ4v) is 4.17. The van der Waals surface area contributed by atoms with Crippen molar-refractivity contribution < 1.29 is 9.59 Å². The van der Waals surface area contributed by atoms with Crippen LogP contribution >= 0.6 is 0 Å². The number of hydrogen-bond acceptors (Lipinski definition) is 5. The fraction of sp³-hybridized carbons (Fsp3) is 0.429. The van der Waals surface area contributed by atoms with E-state index in [-0.39, 0.29) is 29.3 Å². The van der Waals surface area contributed by atoms with E-state index in [0.717, 1.165) is 32.2 Å². The Kier molecular flexibility index (Phi) is 5.33. The number of fused-ring (bicyclic) bond motifs is 1. The standard InChI is InChI=1S/C21H25N5O3/c1-2-14-10-6-7-11-26(14)21-24-18-17(20(29)25-21)15(12-16(27)23-18)19(28)22-13-8-4-3-5-9-13/h3-5,8-9,14-15H,2,6-7,10-12H2,1H3,(H,22,28)(H2,23,24,25,27,29)/t14-,15+/m0/s1. The number of rotatable bonds is 4. The minimum absolute atomic E-state index is 0.0862. The number of aromatic nitrogens is 2. The minimum atomic E-state index is -0.882. The highest BCUT2D eigenvalue weighted by atomic mass is 16.2. The normalized spacial score (nSPS) is 21.3. The van der Waals surface area contributed by atoms with Crippen molar-refractivity contribution in [2.24, 2.45) is 0 Å². The molecular formula is C21H25N5O3. The van der Waals surface area contributed by atoms with E-state index in [9.17, 15) is 14.4 Å². The van der Waals surface area contributed by atoms with Gasteiger partial charge in [-0.1, -0.05) is 25.1 Å². The molecule has 0 saturated carbocycles. The van der Waals surface area contributed by atoms with Crippen LogP contribution in [0.2, 0.25) is 0 Å². The third-order valence-corrected chi connectivity index (χ3v) is 5.67. The van der Waals surface area contributed by atoms with Gasteiger partial charge >= 0.3 is 0 Å². The van der Waals surface area contributed by atoms with E-state index in [1.165, 1.54) is 0 Å². The average molecular weight is 395 g/mol. The molecule has 0 unspecified atom stereocenters. The van der Waals surface area contributed by atoms with Crippen LogP contribution in [-0.2, 0) is 9.59 Å². The molecule has 4 rings (SSSR count). The van der Waals surface area contributed by atoms with Crippen LogP contribution in [0, 0.1) is 0 Å². The Morgan fingerprint density at radius 1 is 1.24 bits per heavy atom. The lowest BCUT2D eigenvalue weighted by Crippen LogP contribution is -2.43. The zero-order valence-corrected chi connectivity index (χ0v) is 16.4. The molecule has 1 fully saturated rings. The summed E-state index contributed by atoms with van der Waals surface area (Å²) >= 11 is 0. The second-order valence-electron chi connectivity index (χ2n) is 7.56. The summed E-state index contributed by atoms with van der Waals surface area (Å²) in [5.41, 5.74) is 0.454. The van der Waals surface area contributed by atoms with Crippen LogP contribution in [0.3, 0.4) is 0 Å². The molecule has 1 aromatic heterocycles. The minimum Gasteiger partial charge on any atom is -0.339 e. The van der Waals surface area contributed by atoms with Crippen LogP contribution in [0.4, 0.5) is 17.5 Å². The number of hydrogen-bond donors (Lipinski definition) is 3. The van der Waals surface area contributed by atoms with E-state index in [1.807, 2.05) is 6.07 Å². The van der Waals surface area contributed by atoms with Crippen LogP contribution in [0.25, 0.3) is 0 Å². The highest BCUT2D eigenvalue weighted by Crippen LogP contribution is 2.31. The van der Waals surface area contributed by atoms with E-state index < -0.39 is 11.8 Å². The third kappa shape index (κ3) is 3.87. The molecule has 152 valence electrons. The Morgan fingerprint density at radius 3 is 2.79 bits per heavy atom. The second kappa shape index (κ2) is 8.06. The first kappa shape index (κ1) is 19.2. The number of para-hydroxylation sites is 1. The number of piperidine rings is 1. The first-order valence-corrected chi connectivity index (χ1v) is 10.1. The highest BCUT2D eigenvalue weighted by Gasteiger charge is 2.35. The Bertz CT molecular complexity index is 972. The van der Waals surface area contributed by atoms with Gasteiger partial charge in [0.2, 0.25) is 17.8 Å². The van der Waals surface area contributed by atoms with E-state index in [4.69, 9.17) is 0 Å². The van der Waals surface area contributed by atoms with Crippen molar-refractivity contribution in [2.75, 3.05) is 22.1 Å². The monoisotopic (exact) mass is 395 g/mol. The van der Waals surface area contributed by atoms with Gasteiger partial charge in [-0.3, -0.25) is 19.4 Å². The number of nitrogens with one attached hydrogen (secondary N) is 3. The Labute approximate surface area is 168 Å². The van der Waals surface area contributed by atoms with Gasteiger partial charge in [-0.2, -0.15) is 4.98 Å². The number of anilines is 3. The number of nitrogens with zero attached hydrogens (tertiary/aromatic N) is 2. The van der Waals surface area contributed by atoms with Crippen molar-refractivity contribution >= 4 is 29.3 Å². The first-order valence-electron chi connectivity index (χ1n) is 10.1. The van der Waals surface area contributed by atoms with Gasteiger partial charge in [-0.15, -0.1) is 0 Å². The number of carbonyl (C=O) groups excluding carboxylic acids is 2. The SMILES string of the molecule is CC[C@H]1CCCCN1c1nc2c(c(=O)[nH]1)[C@H](C(=O)Nc1ccccc1)CC(=O)N2. The molecule has 3 heterocycles. The maximum Gasteiger partial charge on any atom is 0.258 e. The first-order chi connectivity index (χ1) is 14.1. The summed E-state index contributed by atoms with van der Waals surface area (Å²) < 4.78 is 0. The molecule has 1 aromatic carbocycles. The largest absolute Gasteiger partial charge is 0.339 e. The van der Waals surface area contributed by atoms with Crippen LogP contribution in [0.5, 0.6) is 0 Å². The van der Waals surface area contributed by atoms with Gasteiger partial charge in [0.25, 0.3) is 5.56 Å². The van der Waals surface area contributed by atoms with Crippen molar-refractivity contribution in [2.45, 2.75) is 51.0 Å². The lowest BCUT2D eigenvalue weighted by Gasteiger charge is -2.36. The maximum atomic E-state index is 12.9. The van der Waals surface area contributed by atoms with Gasteiger partial charge < -0.3 is 15.5 Å². The molecule has 0 bridgehead atoms. The number of H-pyrrole nitrogens is 1. The summed E-state index contributed by atoms with van der Waals surface area (Å²) in [4.78, 5) is 47.5. The summed E-state index contributed by atoms with van der Waals surface area (Å²) in [5.74, 6) is -0.942. The van der Waals surface area contributed by atoms with Crippen molar-refractivity contribution in [1.29, 1.82) is 0 Å². The molecule has 0 radical (unpaired) electrons. The quantitative estimate of drug-likeness (QED) is 0.738. The van der Waals surface area contributed by atoms with Crippen LogP contribution in [-0.4, -0.2) is 34.4 Å². The Hall–Kier alpha value is -3.16. The molecule has 0 spiro atoms. The lowest BCUT2D eigenvalue weighted by atomic mass is 9.92. The molecule has 1 saturated heterocycles. The second-order valence-corrected chi connectivity index (χ2v) is 7.56. The highest BCUT2D eigenvalue weighted by molar-refractivity contribution is 6.04. The predicted octanol–water partition coefficient (Wildman–Crippen LogP) is 2.60. The number of benzene rings is 1. The summed E-state index contributed by atoms with van der Waals surface area (Å²) in [6.45, 7) is 2.93. The topological polar surface area (TPSA) is 107 Å². The van der Waals surface area contributed by atoms with Gasteiger partial charge in [0.1, 0.15) is 5.82 Å². The summed E-state index contributed by atoms with van der Waals surface area (Å²) in [7, 11) is 0. The van der Waals surface area contributed by atoms with Crippen molar-refractivity contribution in [3.05, 3.63) is 46.2 Å². The van der Waals surface area contributed by atoms with Gasteiger partial charge in [0, 0.05) is 24.7 Å². The zero-order chi connectivity index (χ0) is 20.4. The zero-order valence-electron chi connectivity index (χ0n) is 16.4. The summed E-state index contributed by atoms with van der Waals surface area (Å²) in [6.07, 6.45) is 4.10. The van der Waals surface area contributed by atoms with Gasteiger partial charge in [0.15, 0.2) is 0 Å². The molecule has 29 heavy (non-hydrogen) atoms. The molecule has 8 nitrogen and oxygen atoms in total. The molecule has 2 aromatic rings. The van der Waals surface area contributed by atoms with Crippen molar-refractivity contribution in [3.63, 3.8) is 0 Å². The smallest absolute Gasteiger partial charge is 0.258 e. The number of carbonyl (C=O) groups is 2. The van der Waals surface area contributed by atoms with Crippen molar-refractivity contribution in [3.8, 4) is 0 Å². The molecule has 2 aliphatic heterocycles. The predicted molar refractivity (Wildman–Crippen MR) is 111 cm³/mol. The molecular weight excluding hydrogens is 370 g/mol. The summed E-state index contributed by atoms with van der Waals surface area (Å²) in [5, 5.41) is 5.47. The van der Waals surface area contributed by atoms with E-state index in [1.54, 1.807) is 24.3 Å². The molecule has 3 N–H and O–H groups in total. The molecule has 8 heteroatoms. The number of aromatic amines is 1. The van der Waals surface area contributed by atoms with Crippen LogP contribution in [0.1, 0.15) is 50.5 Å². The van der Waals surface area contributed by atoms with Gasteiger partial charge in [-0.05, 0) is 37.8 Å². The molecule has 2 aliphatic rings. The van der Waals surface area contributed by atoms with Crippen LogP contribution in [0.15, 0.2) is 35.1 Å². The number of amides is 2. The Balaban J connectivity index is 1.67. The lowest BCUT2D eigenvalue weighted by molar-refractivity contribution is -0.123. The van der Waals surface area contributed by atoms with Gasteiger partial charge in [0.05, 0.1) is 11.5 Å². The maximum absolute atomic E-state index is 12.9. The average Bonchev–Trinajstić information content (AvgIpc) is 2.73. The van der Waals surface area contributed by atoms with E-state index >= 15 is 0 Å². The molecule has 2 atom stereocenters. The fourth-order valence-electron chi connectivity index (χ4n) is 4.17.